The fourth-order valence-corrected chi connectivity index (χ4v) is 2.62. The molecule has 3 heteroatoms. The molecule has 1 aromatic carbocycles. The minimum atomic E-state index is -0.873. The summed E-state index contributed by atoms with van der Waals surface area (Å²) in [4.78, 5) is 0. The van der Waals surface area contributed by atoms with E-state index in [0.29, 0.717) is 25.2 Å². The van der Waals surface area contributed by atoms with Crippen LogP contribution >= 0.6 is 0 Å². The third-order valence-electron chi connectivity index (χ3n) is 3.74. The summed E-state index contributed by atoms with van der Waals surface area (Å²) in [6.45, 7) is 3.34. The van der Waals surface area contributed by atoms with Gasteiger partial charge < -0.3 is 14.3 Å². The SMILES string of the molecule is Cc1cccc2cc(C3(O)CCCOCC3)oc12. The molecule has 18 heavy (non-hydrogen) atoms. The van der Waals surface area contributed by atoms with Crippen molar-refractivity contribution in [1.82, 2.24) is 0 Å². The van der Waals surface area contributed by atoms with Gasteiger partial charge in [-0.15, -0.1) is 0 Å². The molecule has 1 N–H and O–H groups in total. The molecular weight excluding hydrogens is 228 g/mol. The summed E-state index contributed by atoms with van der Waals surface area (Å²) in [5.41, 5.74) is 1.11. The summed E-state index contributed by atoms with van der Waals surface area (Å²) in [7, 11) is 0. The van der Waals surface area contributed by atoms with E-state index in [0.717, 1.165) is 29.6 Å². The molecule has 2 heterocycles. The number of hydrogen-bond donors (Lipinski definition) is 1. The average molecular weight is 246 g/mol. The molecule has 1 atom stereocenters. The van der Waals surface area contributed by atoms with E-state index in [-0.39, 0.29) is 0 Å². The number of aryl methyl sites for hydroxylation is 1. The Bertz CT molecular complexity index is 548. The van der Waals surface area contributed by atoms with Crippen LogP contribution in [0.1, 0.15) is 30.6 Å². The summed E-state index contributed by atoms with van der Waals surface area (Å²) in [5.74, 6) is 0.678. The van der Waals surface area contributed by atoms with Crippen molar-refractivity contribution < 1.29 is 14.3 Å². The van der Waals surface area contributed by atoms with Crippen molar-refractivity contribution in [3.05, 3.63) is 35.6 Å². The largest absolute Gasteiger partial charge is 0.458 e. The fraction of sp³-hybridized carbons (Fsp3) is 0.467. The maximum atomic E-state index is 10.7. The molecule has 0 bridgehead atoms. The van der Waals surface area contributed by atoms with Crippen molar-refractivity contribution in [1.29, 1.82) is 0 Å². The Balaban J connectivity index is 2.05. The molecular formula is C15H18O3. The lowest BCUT2D eigenvalue weighted by molar-refractivity contribution is -0.00382. The van der Waals surface area contributed by atoms with E-state index < -0.39 is 5.60 Å². The van der Waals surface area contributed by atoms with Crippen LogP contribution < -0.4 is 0 Å². The van der Waals surface area contributed by atoms with Crippen LogP contribution in [0.2, 0.25) is 0 Å². The van der Waals surface area contributed by atoms with E-state index in [1.165, 1.54) is 0 Å². The van der Waals surface area contributed by atoms with Crippen LogP contribution in [0.4, 0.5) is 0 Å². The first kappa shape index (κ1) is 11.8. The number of fused-ring (bicyclic) bond motifs is 1. The Labute approximate surface area is 106 Å². The number of hydrogen-bond acceptors (Lipinski definition) is 3. The van der Waals surface area contributed by atoms with Gasteiger partial charge in [0.1, 0.15) is 16.9 Å². The summed E-state index contributed by atoms with van der Waals surface area (Å²) >= 11 is 0. The normalized spacial score (nSPS) is 25.2. The number of benzene rings is 1. The van der Waals surface area contributed by atoms with Crippen LogP contribution in [-0.2, 0) is 10.3 Å². The van der Waals surface area contributed by atoms with Crippen molar-refractivity contribution in [2.75, 3.05) is 13.2 Å². The first-order valence-corrected chi connectivity index (χ1v) is 6.49. The molecule has 2 aromatic rings. The van der Waals surface area contributed by atoms with Crippen LogP contribution in [0.25, 0.3) is 11.0 Å². The van der Waals surface area contributed by atoms with E-state index in [4.69, 9.17) is 9.15 Å². The van der Waals surface area contributed by atoms with Crippen molar-refractivity contribution in [2.45, 2.75) is 31.8 Å². The highest BCUT2D eigenvalue weighted by Crippen LogP contribution is 2.36. The van der Waals surface area contributed by atoms with Gasteiger partial charge >= 0.3 is 0 Å². The van der Waals surface area contributed by atoms with E-state index in [1.807, 2.05) is 31.2 Å². The lowest BCUT2D eigenvalue weighted by atomic mass is 9.92. The minimum absolute atomic E-state index is 0.590. The number of rotatable bonds is 1. The van der Waals surface area contributed by atoms with Gasteiger partial charge in [0, 0.05) is 25.0 Å². The van der Waals surface area contributed by atoms with Gasteiger partial charge in [-0.05, 0) is 31.4 Å². The van der Waals surface area contributed by atoms with E-state index >= 15 is 0 Å². The van der Waals surface area contributed by atoms with Gasteiger partial charge in [0.15, 0.2) is 0 Å². The molecule has 1 unspecified atom stereocenters. The number of furan rings is 1. The van der Waals surface area contributed by atoms with Gasteiger partial charge in [-0.3, -0.25) is 0 Å². The highest BCUT2D eigenvalue weighted by Gasteiger charge is 2.34. The van der Waals surface area contributed by atoms with Gasteiger partial charge in [-0.2, -0.15) is 0 Å². The monoisotopic (exact) mass is 246 g/mol. The zero-order valence-corrected chi connectivity index (χ0v) is 10.6. The van der Waals surface area contributed by atoms with Crippen molar-refractivity contribution in [2.24, 2.45) is 0 Å². The Hall–Kier alpha value is -1.32. The third-order valence-corrected chi connectivity index (χ3v) is 3.74. The highest BCUT2D eigenvalue weighted by molar-refractivity contribution is 5.81. The summed E-state index contributed by atoms with van der Waals surface area (Å²) in [5, 5.41) is 11.8. The van der Waals surface area contributed by atoms with Crippen LogP contribution in [0.5, 0.6) is 0 Å². The van der Waals surface area contributed by atoms with E-state index in [9.17, 15) is 5.11 Å². The number of ether oxygens (including phenoxy) is 1. The van der Waals surface area contributed by atoms with Crippen molar-refractivity contribution in [3.8, 4) is 0 Å². The van der Waals surface area contributed by atoms with Crippen molar-refractivity contribution >= 4 is 11.0 Å². The maximum Gasteiger partial charge on any atom is 0.137 e. The smallest absolute Gasteiger partial charge is 0.137 e. The summed E-state index contributed by atoms with van der Waals surface area (Å²) in [6, 6.07) is 8.02. The molecule has 3 nitrogen and oxygen atoms in total. The lowest BCUT2D eigenvalue weighted by Gasteiger charge is -2.23. The fourth-order valence-electron chi connectivity index (χ4n) is 2.62. The second-order valence-corrected chi connectivity index (χ2v) is 5.10. The molecule has 1 saturated heterocycles. The van der Waals surface area contributed by atoms with Gasteiger partial charge in [-0.1, -0.05) is 18.2 Å². The first-order chi connectivity index (χ1) is 8.69. The standard InChI is InChI=1S/C15H18O3/c1-11-4-2-5-12-10-13(18-14(11)12)15(16)6-3-8-17-9-7-15/h2,4-5,10,16H,3,6-9H2,1H3. The van der Waals surface area contributed by atoms with Crippen LogP contribution in [0.3, 0.4) is 0 Å². The summed E-state index contributed by atoms with van der Waals surface area (Å²) in [6.07, 6.45) is 2.17. The van der Waals surface area contributed by atoms with Crippen LogP contribution in [0.15, 0.2) is 28.7 Å². The van der Waals surface area contributed by atoms with Gasteiger partial charge in [0.25, 0.3) is 0 Å². The molecule has 1 aliphatic heterocycles. The predicted molar refractivity (Wildman–Crippen MR) is 69.5 cm³/mol. The first-order valence-electron chi connectivity index (χ1n) is 6.49. The Kier molecular flexibility index (Phi) is 2.88. The molecule has 1 aromatic heterocycles. The molecule has 1 fully saturated rings. The minimum Gasteiger partial charge on any atom is -0.458 e. The average Bonchev–Trinajstić information content (AvgIpc) is 2.69. The molecule has 1 aliphatic rings. The Morgan fingerprint density at radius 3 is 2.94 bits per heavy atom. The third kappa shape index (κ3) is 1.93. The van der Waals surface area contributed by atoms with E-state index in [2.05, 4.69) is 0 Å². The van der Waals surface area contributed by atoms with Crippen molar-refractivity contribution in [3.63, 3.8) is 0 Å². The molecule has 0 spiro atoms. The van der Waals surface area contributed by atoms with Crippen LogP contribution in [0, 0.1) is 6.92 Å². The van der Waals surface area contributed by atoms with Gasteiger partial charge in [0.2, 0.25) is 0 Å². The number of para-hydroxylation sites is 1. The van der Waals surface area contributed by atoms with Crippen LogP contribution in [-0.4, -0.2) is 18.3 Å². The Morgan fingerprint density at radius 2 is 2.11 bits per heavy atom. The molecule has 3 rings (SSSR count). The Morgan fingerprint density at radius 1 is 1.22 bits per heavy atom. The predicted octanol–water partition coefficient (Wildman–Crippen LogP) is 3.13. The lowest BCUT2D eigenvalue weighted by Crippen LogP contribution is -2.25. The van der Waals surface area contributed by atoms with Gasteiger partial charge in [-0.25, -0.2) is 0 Å². The topological polar surface area (TPSA) is 42.6 Å². The second kappa shape index (κ2) is 4.41. The summed E-state index contributed by atoms with van der Waals surface area (Å²) < 4.78 is 11.3. The quantitative estimate of drug-likeness (QED) is 0.840. The molecule has 96 valence electrons. The van der Waals surface area contributed by atoms with Gasteiger partial charge in [0.05, 0.1) is 0 Å². The zero-order valence-electron chi connectivity index (χ0n) is 10.6. The highest BCUT2D eigenvalue weighted by atomic mass is 16.5. The second-order valence-electron chi connectivity index (χ2n) is 5.10. The molecule has 0 amide bonds. The van der Waals surface area contributed by atoms with E-state index in [1.54, 1.807) is 0 Å². The molecule has 0 saturated carbocycles. The number of aliphatic hydroxyl groups is 1. The zero-order chi connectivity index (χ0) is 12.6. The maximum absolute atomic E-state index is 10.7. The molecule has 0 radical (unpaired) electrons. The molecule has 0 aliphatic carbocycles.